The molecule has 10 heteroatoms. The van der Waals surface area contributed by atoms with Crippen molar-refractivity contribution in [1.29, 1.82) is 0 Å². The van der Waals surface area contributed by atoms with Gasteiger partial charge >= 0.3 is 5.97 Å². The van der Waals surface area contributed by atoms with E-state index >= 15 is 0 Å². The van der Waals surface area contributed by atoms with Crippen molar-refractivity contribution >= 4 is 17.3 Å². The van der Waals surface area contributed by atoms with E-state index in [-0.39, 0.29) is 17.1 Å². The summed E-state index contributed by atoms with van der Waals surface area (Å²) in [5.74, 6) is -0.659. The Hall–Kier alpha value is -4.47. The van der Waals surface area contributed by atoms with Crippen molar-refractivity contribution in [3.63, 3.8) is 0 Å². The number of nitrogens with zero attached hydrogens (tertiary/aromatic N) is 2. The summed E-state index contributed by atoms with van der Waals surface area (Å²) in [5.41, 5.74) is 1.27. The molecule has 200 valence electrons. The van der Waals surface area contributed by atoms with Crippen LogP contribution in [0.3, 0.4) is 0 Å². The van der Waals surface area contributed by atoms with Gasteiger partial charge in [0.25, 0.3) is 11.4 Å². The first-order valence-electron chi connectivity index (χ1n) is 12.4. The third-order valence-corrected chi connectivity index (χ3v) is 5.90. The van der Waals surface area contributed by atoms with Crippen LogP contribution in [0.1, 0.15) is 45.4 Å². The van der Waals surface area contributed by atoms with E-state index in [1.54, 1.807) is 24.3 Å². The summed E-state index contributed by atoms with van der Waals surface area (Å²) >= 11 is 0. The highest BCUT2D eigenvalue weighted by atomic mass is 16.6. The van der Waals surface area contributed by atoms with Gasteiger partial charge in [-0.25, -0.2) is 4.79 Å². The molecule has 3 rings (SSSR count). The van der Waals surface area contributed by atoms with Crippen molar-refractivity contribution in [3.05, 3.63) is 80.9 Å². The lowest BCUT2D eigenvalue weighted by Crippen LogP contribution is -2.11. The summed E-state index contributed by atoms with van der Waals surface area (Å²) in [7, 11) is 0. The number of non-ortho nitro benzene ring substituents is 2. The Balaban J connectivity index is 2.09. The molecular weight excluding hydrogens is 492 g/mol. The molecule has 0 aliphatic rings. The summed E-state index contributed by atoms with van der Waals surface area (Å²) in [6.07, 6.45) is 6.47. The monoisotopic (exact) mass is 522 g/mol. The van der Waals surface area contributed by atoms with Crippen molar-refractivity contribution in [2.24, 2.45) is 0 Å². The second-order valence-corrected chi connectivity index (χ2v) is 8.76. The van der Waals surface area contributed by atoms with Gasteiger partial charge < -0.3 is 14.6 Å². The normalized spacial score (nSPS) is 10.7. The van der Waals surface area contributed by atoms with Crippen molar-refractivity contribution in [3.8, 4) is 33.8 Å². The lowest BCUT2D eigenvalue weighted by atomic mass is 9.96. The van der Waals surface area contributed by atoms with E-state index in [4.69, 9.17) is 9.47 Å². The number of carbonyl (C=O) groups is 1. The maximum absolute atomic E-state index is 11.4. The topological polar surface area (TPSA) is 142 Å². The molecule has 0 amide bonds. The van der Waals surface area contributed by atoms with Gasteiger partial charge in [0, 0.05) is 35.4 Å². The van der Waals surface area contributed by atoms with Gasteiger partial charge in [0.15, 0.2) is 6.61 Å². The molecule has 0 aliphatic carbocycles. The van der Waals surface area contributed by atoms with E-state index in [2.05, 4.69) is 6.92 Å². The molecule has 0 fully saturated rings. The number of rotatable bonds is 15. The lowest BCUT2D eigenvalue weighted by Gasteiger charge is -2.18. The largest absolute Gasteiger partial charge is 0.494 e. The first-order chi connectivity index (χ1) is 18.3. The second-order valence-electron chi connectivity index (χ2n) is 8.76. The van der Waals surface area contributed by atoms with Crippen LogP contribution >= 0.6 is 0 Å². The van der Waals surface area contributed by atoms with Gasteiger partial charge in [-0.05, 0) is 29.7 Å². The Morgan fingerprint density at radius 2 is 1.32 bits per heavy atom. The quantitative estimate of drug-likeness (QED) is 0.127. The maximum Gasteiger partial charge on any atom is 0.341 e. The molecule has 0 radical (unpaired) electrons. The van der Waals surface area contributed by atoms with Crippen molar-refractivity contribution in [1.82, 2.24) is 0 Å². The number of aliphatic carboxylic acids is 1. The molecule has 0 atom stereocenters. The molecule has 0 saturated heterocycles. The fraction of sp³-hybridized carbons (Fsp3) is 0.321. The highest BCUT2D eigenvalue weighted by Crippen LogP contribution is 2.43. The number of benzene rings is 3. The Bertz CT molecular complexity index is 1210. The summed E-state index contributed by atoms with van der Waals surface area (Å²) in [6.45, 7) is 1.91. The van der Waals surface area contributed by atoms with Gasteiger partial charge in [0.05, 0.1) is 16.5 Å². The third kappa shape index (κ3) is 7.76. The minimum atomic E-state index is -1.22. The van der Waals surface area contributed by atoms with E-state index in [1.165, 1.54) is 49.2 Å². The molecule has 0 spiro atoms. The van der Waals surface area contributed by atoms with Gasteiger partial charge in [0.1, 0.15) is 11.5 Å². The summed E-state index contributed by atoms with van der Waals surface area (Å²) in [6, 6.07) is 15.0. The Kier molecular flexibility index (Phi) is 10.2. The molecule has 0 heterocycles. The van der Waals surface area contributed by atoms with Crippen LogP contribution in [0.15, 0.2) is 60.7 Å². The van der Waals surface area contributed by atoms with Crippen molar-refractivity contribution < 1.29 is 29.2 Å². The molecule has 3 aromatic rings. The zero-order chi connectivity index (χ0) is 27.5. The van der Waals surface area contributed by atoms with Gasteiger partial charge in [-0.15, -0.1) is 0 Å². The van der Waals surface area contributed by atoms with Crippen LogP contribution in [0.25, 0.3) is 22.3 Å². The standard InChI is InChI=1S/C28H30N2O8/c1-2-3-4-5-6-7-14-37-24-17-25(20-10-8-12-22(15-20)29(33)34)28(38-19-27(31)32)26(18-24)21-11-9-13-23(16-21)30(35)36/h8-13,15-18H,2-7,14,19H2,1H3,(H,31,32). The SMILES string of the molecule is CCCCCCCCOc1cc(-c2cccc([N+](=O)[O-])c2)c(OCC(=O)O)c(-c2cccc([N+](=O)[O-])c2)c1. The predicted molar refractivity (Wildman–Crippen MR) is 143 cm³/mol. The molecule has 10 nitrogen and oxygen atoms in total. The van der Waals surface area contributed by atoms with Crippen LogP contribution in [0.2, 0.25) is 0 Å². The van der Waals surface area contributed by atoms with Crippen molar-refractivity contribution in [2.45, 2.75) is 45.4 Å². The number of unbranched alkanes of at least 4 members (excludes halogenated alkanes) is 5. The summed E-state index contributed by atoms with van der Waals surface area (Å²) in [4.78, 5) is 33.1. The molecule has 0 aliphatic heterocycles. The summed E-state index contributed by atoms with van der Waals surface area (Å²) < 4.78 is 11.7. The number of hydrogen-bond donors (Lipinski definition) is 1. The lowest BCUT2D eigenvalue weighted by molar-refractivity contribution is -0.385. The molecule has 38 heavy (non-hydrogen) atoms. The minimum Gasteiger partial charge on any atom is -0.494 e. The van der Waals surface area contributed by atoms with Gasteiger partial charge in [-0.1, -0.05) is 63.3 Å². The van der Waals surface area contributed by atoms with Gasteiger partial charge in [0.2, 0.25) is 0 Å². The van der Waals surface area contributed by atoms with E-state index in [9.17, 15) is 30.1 Å². The van der Waals surface area contributed by atoms with E-state index < -0.39 is 22.4 Å². The molecule has 0 bridgehead atoms. The third-order valence-electron chi connectivity index (χ3n) is 5.90. The molecular formula is C28H30N2O8. The average molecular weight is 523 g/mol. The van der Waals surface area contributed by atoms with Gasteiger partial charge in [-0.2, -0.15) is 0 Å². The summed E-state index contributed by atoms with van der Waals surface area (Å²) in [5, 5.41) is 32.1. The Morgan fingerprint density at radius 3 is 1.82 bits per heavy atom. The Labute approximate surface area is 220 Å². The fourth-order valence-corrected chi connectivity index (χ4v) is 4.05. The smallest absolute Gasteiger partial charge is 0.341 e. The van der Waals surface area contributed by atoms with E-state index in [0.29, 0.717) is 34.6 Å². The first-order valence-corrected chi connectivity index (χ1v) is 12.4. The number of carboxylic acid groups (broad SMARTS) is 1. The van der Waals surface area contributed by atoms with Crippen LogP contribution in [-0.2, 0) is 4.79 Å². The molecule has 0 unspecified atom stereocenters. The number of hydrogen-bond acceptors (Lipinski definition) is 7. The number of ether oxygens (including phenoxy) is 2. The highest BCUT2D eigenvalue weighted by Gasteiger charge is 2.20. The zero-order valence-electron chi connectivity index (χ0n) is 21.1. The first kappa shape index (κ1) is 28.1. The zero-order valence-corrected chi connectivity index (χ0v) is 21.1. The van der Waals surface area contributed by atoms with Crippen LogP contribution in [0, 0.1) is 20.2 Å². The number of nitro groups is 2. The molecule has 0 saturated carbocycles. The molecule has 1 N–H and O–H groups in total. The maximum atomic E-state index is 11.4. The fourth-order valence-electron chi connectivity index (χ4n) is 4.05. The highest BCUT2D eigenvalue weighted by molar-refractivity contribution is 5.86. The van der Waals surface area contributed by atoms with Crippen molar-refractivity contribution in [2.75, 3.05) is 13.2 Å². The Morgan fingerprint density at radius 1 is 0.789 bits per heavy atom. The van der Waals surface area contributed by atoms with Gasteiger partial charge in [-0.3, -0.25) is 20.2 Å². The minimum absolute atomic E-state index is 0.125. The van der Waals surface area contributed by atoms with E-state index in [1.807, 2.05) is 0 Å². The molecule has 3 aromatic carbocycles. The average Bonchev–Trinajstić information content (AvgIpc) is 2.91. The molecule has 0 aromatic heterocycles. The predicted octanol–water partition coefficient (Wildman–Crippen LogP) is 7.04. The number of nitro benzene ring substituents is 2. The van der Waals surface area contributed by atoms with E-state index in [0.717, 1.165) is 25.7 Å². The second kappa shape index (κ2) is 13.7. The van der Waals surface area contributed by atoms with Crippen LogP contribution in [-0.4, -0.2) is 34.1 Å². The van der Waals surface area contributed by atoms with Crippen LogP contribution < -0.4 is 9.47 Å². The number of carboxylic acids is 1. The van der Waals surface area contributed by atoms with Crippen LogP contribution in [0.5, 0.6) is 11.5 Å². The van der Waals surface area contributed by atoms with Crippen LogP contribution in [0.4, 0.5) is 11.4 Å².